The summed E-state index contributed by atoms with van der Waals surface area (Å²) in [5, 5.41) is 1.16. The minimum atomic E-state index is -0.0375. The molecule has 4 nitrogen and oxygen atoms in total. The van der Waals surface area contributed by atoms with Crippen molar-refractivity contribution in [1.82, 2.24) is 4.98 Å². The van der Waals surface area contributed by atoms with Crippen LogP contribution in [0.4, 0.5) is 0 Å². The molecule has 0 amide bonds. The summed E-state index contributed by atoms with van der Waals surface area (Å²) < 4.78 is 16.8. The van der Waals surface area contributed by atoms with Crippen molar-refractivity contribution >= 4 is 10.9 Å². The topological polar surface area (TPSA) is 43.5 Å². The van der Waals surface area contributed by atoms with Crippen LogP contribution in [0.3, 0.4) is 0 Å². The molecule has 3 rings (SSSR count). The van der Waals surface area contributed by atoms with Gasteiger partial charge in [-0.2, -0.15) is 0 Å². The first-order chi connectivity index (χ1) is 9.42. The van der Waals surface area contributed by atoms with Crippen molar-refractivity contribution < 1.29 is 14.2 Å². The van der Waals surface area contributed by atoms with Gasteiger partial charge in [0.15, 0.2) is 6.29 Å². The summed E-state index contributed by atoms with van der Waals surface area (Å²) in [6.07, 6.45) is 5.22. The number of fused-ring (bicyclic) bond motifs is 1. The average molecular weight is 261 g/mol. The molecule has 1 atom stereocenters. The van der Waals surface area contributed by atoms with Gasteiger partial charge in [0.1, 0.15) is 12.4 Å². The Labute approximate surface area is 112 Å². The Balaban J connectivity index is 1.43. The van der Waals surface area contributed by atoms with Crippen LogP contribution < -0.4 is 4.74 Å². The van der Waals surface area contributed by atoms with Gasteiger partial charge in [-0.05, 0) is 43.5 Å². The van der Waals surface area contributed by atoms with E-state index in [4.69, 9.17) is 14.2 Å². The Hall–Kier alpha value is -1.52. The van der Waals surface area contributed by atoms with E-state index < -0.39 is 0 Å². The summed E-state index contributed by atoms with van der Waals surface area (Å²) in [6.45, 7) is 1.93. The Morgan fingerprint density at radius 2 is 2.21 bits per heavy atom. The number of benzene rings is 1. The third-order valence-corrected chi connectivity index (χ3v) is 3.32. The Bertz CT molecular complexity index is 517. The Morgan fingerprint density at radius 1 is 1.21 bits per heavy atom. The highest BCUT2D eigenvalue weighted by Gasteiger charge is 2.13. The van der Waals surface area contributed by atoms with Crippen LogP contribution in [0, 0.1) is 0 Å². The first-order valence-electron chi connectivity index (χ1n) is 6.85. The lowest BCUT2D eigenvalue weighted by atomic mass is 10.2. The maximum Gasteiger partial charge on any atom is 0.157 e. The summed E-state index contributed by atoms with van der Waals surface area (Å²) >= 11 is 0. The SMILES string of the molecule is c1cc2cc(OCCOC3CCCCO3)ccc2[nH]1. The minimum Gasteiger partial charge on any atom is -0.491 e. The van der Waals surface area contributed by atoms with Gasteiger partial charge in [-0.15, -0.1) is 0 Å². The number of hydrogen-bond donors (Lipinski definition) is 1. The van der Waals surface area contributed by atoms with Crippen molar-refractivity contribution in [2.45, 2.75) is 25.6 Å². The lowest BCUT2D eigenvalue weighted by Gasteiger charge is -2.22. The van der Waals surface area contributed by atoms with Crippen LogP contribution in [-0.2, 0) is 9.47 Å². The van der Waals surface area contributed by atoms with Gasteiger partial charge in [-0.3, -0.25) is 0 Å². The maximum absolute atomic E-state index is 5.68. The number of aromatic nitrogens is 1. The van der Waals surface area contributed by atoms with Crippen LogP contribution in [0.15, 0.2) is 30.5 Å². The molecule has 1 aromatic heterocycles. The molecule has 1 fully saturated rings. The zero-order chi connectivity index (χ0) is 12.9. The molecule has 1 saturated heterocycles. The quantitative estimate of drug-likeness (QED) is 0.841. The molecular weight excluding hydrogens is 242 g/mol. The van der Waals surface area contributed by atoms with E-state index in [-0.39, 0.29) is 6.29 Å². The van der Waals surface area contributed by atoms with Crippen LogP contribution in [0.5, 0.6) is 5.75 Å². The minimum absolute atomic E-state index is 0.0375. The highest BCUT2D eigenvalue weighted by molar-refractivity contribution is 5.80. The lowest BCUT2D eigenvalue weighted by Crippen LogP contribution is -2.24. The van der Waals surface area contributed by atoms with Crippen molar-refractivity contribution in [2.24, 2.45) is 0 Å². The van der Waals surface area contributed by atoms with E-state index in [2.05, 4.69) is 4.98 Å². The maximum atomic E-state index is 5.68. The fraction of sp³-hybridized carbons (Fsp3) is 0.467. The van der Waals surface area contributed by atoms with Crippen molar-refractivity contribution in [2.75, 3.05) is 19.8 Å². The fourth-order valence-corrected chi connectivity index (χ4v) is 2.30. The smallest absolute Gasteiger partial charge is 0.157 e. The molecule has 1 aromatic carbocycles. The lowest BCUT2D eigenvalue weighted by molar-refractivity contribution is -0.165. The molecule has 102 valence electrons. The van der Waals surface area contributed by atoms with Crippen LogP contribution >= 0.6 is 0 Å². The number of hydrogen-bond acceptors (Lipinski definition) is 3. The van der Waals surface area contributed by atoms with Crippen LogP contribution in [0.1, 0.15) is 19.3 Å². The first-order valence-corrected chi connectivity index (χ1v) is 6.85. The molecule has 0 saturated carbocycles. The van der Waals surface area contributed by atoms with Gasteiger partial charge >= 0.3 is 0 Å². The molecule has 1 aliphatic rings. The monoisotopic (exact) mass is 261 g/mol. The van der Waals surface area contributed by atoms with Crippen molar-refractivity contribution in [3.05, 3.63) is 30.5 Å². The highest BCUT2D eigenvalue weighted by atomic mass is 16.7. The second kappa shape index (κ2) is 6.08. The van der Waals surface area contributed by atoms with E-state index in [0.29, 0.717) is 13.2 Å². The number of ether oxygens (including phenoxy) is 3. The summed E-state index contributed by atoms with van der Waals surface area (Å²) in [5.41, 5.74) is 1.12. The second-order valence-corrected chi connectivity index (χ2v) is 4.74. The fourth-order valence-electron chi connectivity index (χ4n) is 2.30. The van der Waals surface area contributed by atoms with E-state index in [0.717, 1.165) is 36.1 Å². The van der Waals surface area contributed by atoms with Gasteiger partial charge in [0, 0.05) is 23.7 Å². The largest absolute Gasteiger partial charge is 0.491 e. The normalized spacial score (nSPS) is 19.7. The van der Waals surface area contributed by atoms with E-state index in [9.17, 15) is 0 Å². The van der Waals surface area contributed by atoms with Gasteiger partial charge in [-0.1, -0.05) is 0 Å². The molecule has 1 N–H and O–H groups in total. The first kappa shape index (κ1) is 12.5. The molecule has 0 bridgehead atoms. The standard InChI is InChI=1S/C15H19NO3/c1-2-8-18-15(3-1)19-10-9-17-13-4-5-14-12(11-13)6-7-16-14/h4-7,11,15-16H,1-3,8-10H2. The summed E-state index contributed by atoms with van der Waals surface area (Å²) in [6, 6.07) is 8.06. The zero-order valence-corrected chi connectivity index (χ0v) is 10.9. The van der Waals surface area contributed by atoms with Crippen molar-refractivity contribution in [3.8, 4) is 5.75 Å². The summed E-state index contributed by atoms with van der Waals surface area (Å²) in [7, 11) is 0. The zero-order valence-electron chi connectivity index (χ0n) is 10.9. The predicted molar refractivity (Wildman–Crippen MR) is 73.3 cm³/mol. The molecular formula is C15H19NO3. The Kier molecular flexibility index (Phi) is 4.01. The molecule has 4 heteroatoms. The van der Waals surface area contributed by atoms with Crippen LogP contribution in [-0.4, -0.2) is 31.1 Å². The molecule has 2 aromatic rings. The van der Waals surface area contributed by atoms with E-state index in [1.807, 2.05) is 30.5 Å². The molecule has 0 spiro atoms. The van der Waals surface area contributed by atoms with Gasteiger partial charge in [0.2, 0.25) is 0 Å². The number of rotatable bonds is 5. The molecule has 1 aliphatic heterocycles. The van der Waals surface area contributed by atoms with E-state index in [1.165, 1.54) is 6.42 Å². The van der Waals surface area contributed by atoms with E-state index in [1.54, 1.807) is 0 Å². The molecule has 19 heavy (non-hydrogen) atoms. The van der Waals surface area contributed by atoms with Crippen LogP contribution in [0.2, 0.25) is 0 Å². The third-order valence-electron chi connectivity index (χ3n) is 3.32. The van der Waals surface area contributed by atoms with Crippen molar-refractivity contribution in [3.63, 3.8) is 0 Å². The molecule has 1 unspecified atom stereocenters. The van der Waals surface area contributed by atoms with E-state index >= 15 is 0 Å². The summed E-state index contributed by atoms with van der Waals surface area (Å²) in [5.74, 6) is 0.875. The van der Waals surface area contributed by atoms with Crippen LogP contribution in [0.25, 0.3) is 10.9 Å². The molecule has 0 aliphatic carbocycles. The molecule has 2 heterocycles. The van der Waals surface area contributed by atoms with Gasteiger partial charge in [0.05, 0.1) is 6.61 Å². The van der Waals surface area contributed by atoms with Gasteiger partial charge in [-0.25, -0.2) is 0 Å². The number of H-pyrrole nitrogens is 1. The van der Waals surface area contributed by atoms with Gasteiger partial charge in [0.25, 0.3) is 0 Å². The molecule has 0 radical (unpaired) electrons. The van der Waals surface area contributed by atoms with Gasteiger partial charge < -0.3 is 19.2 Å². The van der Waals surface area contributed by atoms with Crippen molar-refractivity contribution in [1.29, 1.82) is 0 Å². The highest BCUT2D eigenvalue weighted by Crippen LogP contribution is 2.19. The number of aromatic amines is 1. The number of nitrogens with one attached hydrogen (secondary N) is 1. The average Bonchev–Trinajstić information content (AvgIpc) is 2.92. The Morgan fingerprint density at radius 3 is 3.11 bits per heavy atom. The summed E-state index contributed by atoms with van der Waals surface area (Å²) in [4.78, 5) is 3.16. The second-order valence-electron chi connectivity index (χ2n) is 4.74. The third kappa shape index (κ3) is 3.28. The predicted octanol–water partition coefficient (Wildman–Crippen LogP) is 3.09.